The predicted octanol–water partition coefficient (Wildman–Crippen LogP) is 14.2. The molecule has 0 bridgehead atoms. The van der Waals surface area contributed by atoms with E-state index in [9.17, 15) is 20.6 Å². The van der Waals surface area contributed by atoms with Crippen molar-refractivity contribution in [1.29, 1.82) is 0 Å². The Labute approximate surface area is 339 Å². The summed E-state index contributed by atoms with van der Waals surface area (Å²) >= 11 is 0. The molecule has 1 nitrogen and oxygen atoms in total. The van der Waals surface area contributed by atoms with Gasteiger partial charge in [-0.05, 0) is 124 Å². The van der Waals surface area contributed by atoms with Crippen molar-refractivity contribution in [3.63, 3.8) is 0 Å². The minimum Gasteiger partial charge on any atom is -0.456 e. The highest BCUT2D eigenvalue weighted by Gasteiger charge is 2.25. The first-order valence-corrected chi connectivity index (χ1v) is 15.2. The molecule has 10 aromatic rings. The molecule has 0 fully saturated rings. The van der Waals surface area contributed by atoms with Crippen molar-refractivity contribution in [3.8, 4) is 44.5 Å². The fraction of sp³-hybridized carbons (Fsp3) is 0.0400. The zero-order valence-corrected chi connectivity index (χ0v) is 25.5. The van der Waals surface area contributed by atoms with E-state index in [4.69, 9.17) is 26.3 Å². The molecule has 1 heterocycles. The standard InChI is InChI=1S/C50H32O/c1-30-37-15-4-5-16-39(37)44-26-34(21-23-38(30)44)31-13-10-14-35(25-31)49-40-17-6-8-19-42(40)50(43-20-9-7-18-41(43)49)36-22-24-47-45(28-36)46-27-32-11-2-3-12-33(32)29-48(46)51-47/h2-30H,1H3/i1D3,2D,3D,4D,5D,6D,7D,8D,9D,10D,11D,12D,14D,15D,16D,17D,18D,19D,20D,21D,22D,23D,24D,25D,26D,27D,28D,29D,30D. The molecule has 1 atom stereocenters. The van der Waals surface area contributed by atoms with E-state index in [0.717, 1.165) is 6.07 Å². The average molecular weight is 680 g/mol. The van der Waals surface area contributed by atoms with Crippen LogP contribution in [0.1, 0.15) is 66.4 Å². The zero-order valence-electron chi connectivity index (χ0n) is 56.5. The van der Waals surface area contributed by atoms with Crippen molar-refractivity contribution in [2.75, 3.05) is 0 Å². The van der Waals surface area contributed by atoms with Crippen molar-refractivity contribution < 1.29 is 46.9 Å². The zero-order chi connectivity index (χ0) is 60.5. The molecule has 0 aliphatic heterocycles. The molecule has 51 heavy (non-hydrogen) atoms. The number of rotatable bonds is 3. The second-order valence-electron chi connectivity index (χ2n) is 11.5. The van der Waals surface area contributed by atoms with Gasteiger partial charge in [0.05, 0.1) is 37.0 Å². The Bertz CT molecular complexity index is 4690. The van der Waals surface area contributed by atoms with Crippen molar-refractivity contribution >= 4 is 54.3 Å². The highest BCUT2D eigenvalue weighted by atomic mass is 16.3. The normalized spacial score (nSPS) is 24.0. The van der Waals surface area contributed by atoms with Crippen LogP contribution in [0, 0.1) is 0 Å². The maximum absolute atomic E-state index is 9.94. The minimum absolute atomic E-state index is 0.465. The lowest BCUT2D eigenvalue weighted by Crippen LogP contribution is -1.91. The van der Waals surface area contributed by atoms with Gasteiger partial charge >= 0.3 is 0 Å². The molecule has 0 saturated carbocycles. The molecule has 0 radical (unpaired) electrons. The monoisotopic (exact) mass is 679 g/mol. The van der Waals surface area contributed by atoms with Crippen molar-refractivity contribution in [2.24, 2.45) is 0 Å². The number of fused-ring (bicyclic) bond motifs is 9. The van der Waals surface area contributed by atoms with Crippen LogP contribution in [0.5, 0.6) is 0 Å². The summed E-state index contributed by atoms with van der Waals surface area (Å²) in [5.41, 5.74) is -9.09. The Morgan fingerprint density at radius 3 is 1.80 bits per heavy atom. The SMILES string of the molecule is [2H]c1cc(-c2c([2H])c([2H])c3c(c2[2H])-c2c([2H])c([2H])c([2H])c([2H])c2C3([2H])C([2H])([2H])[2H])c([2H])c(-c2c3c([2H])c([2H])c([2H])c([2H])c3c(-c3c([2H])c([2H])c4oc5c([2H])c6c([2H])c([2H])c([2H])c([2H])c6c([2H])c5c4c3[2H])c3c([2H])c([2H])c([2H])c([2H])c23)c1[2H]. The summed E-state index contributed by atoms with van der Waals surface area (Å²) in [7, 11) is 0. The molecular formula is C50H32O. The van der Waals surface area contributed by atoms with Crippen LogP contribution in [0.3, 0.4) is 0 Å². The summed E-state index contributed by atoms with van der Waals surface area (Å²) in [4.78, 5) is 0. The first-order chi connectivity index (χ1) is 38.0. The fourth-order valence-corrected chi connectivity index (χ4v) is 6.48. The molecule has 1 aliphatic rings. The lowest BCUT2D eigenvalue weighted by Gasteiger charge is -2.18. The Kier molecular flexibility index (Phi) is 2.44. The molecule has 0 N–H and O–H groups in total. The summed E-state index contributed by atoms with van der Waals surface area (Å²) < 4.78 is 287. The number of furan rings is 1. The fourth-order valence-electron chi connectivity index (χ4n) is 6.48. The van der Waals surface area contributed by atoms with Gasteiger partial charge < -0.3 is 4.42 Å². The van der Waals surface area contributed by atoms with Gasteiger partial charge in [-0.2, -0.15) is 0 Å². The van der Waals surface area contributed by atoms with Gasteiger partial charge in [-0.15, -0.1) is 0 Å². The van der Waals surface area contributed by atoms with Crippen LogP contribution in [0.15, 0.2) is 174 Å². The molecule has 9 aromatic carbocycles. The topological polar surface area (TPSA) is 13.1 Å². The van der Waals surface area contributed by atoms with Gasteiger partial charge in [0.15, 0.2) is 0 Å². The minimum atomic E-state index is -3.53. The Hall–Kier alpha value is -6.44. The maximum atomic E-state index is 9.94. The predicted molar refractivity (Wildman–Crippen MR) is 215 cm³/mol. The molecule has 1 aromatic heterocycles. The molecule has 0 amide bonds. The molecule has 238 valence electrons. The smallest absolute Gasteiger partial charge is 0.136 e. The van der Waals surface area contributed by atoms with Gasteiger partial charge in [-0.3, -0.25) is 0 Å². The third kappa shape index (κ3) is 4.22. The molecule has 11 rings (SSSR count). The Morgan fingerprint density at radius 1 is 0.451 bits per heavy atom. The molecular weight excluding hydrogens is 617 g/mol. The summed E-state index contributed by atoms with van der Waals surface area (Å²) in [5.74, 6) is -3.20. The van der Waals surface area contributed by atoms with Gasteiger partial charge in [0.25, 0.3) is 0 Å². The summed E-state index contributed by atoms with van der Waals surface area (Å²) in [6, 6.07) is -24.7. The quantitative estimate of drug-likeness (QED) is 0.169. The summed E-state index contributed by atoms with van der Waals surface area (Å²) in [6.45, 7) is -3.53. The second kappa shape index (κ2) is 10.8. The van der Waals surface area contributed by atoms with Crippen molar-refractivity contribution in [3.05, 3.63) is 180 Å². The van der Waals surface area contributed by atoms with Crippen LogP contribution >= 0.6 is 0 Å². The Morgan fingerprint density at radius 2 is 1.06 bits per heavy atom. The first kappa shape index (κ1) is 11.5. The molecule has 0 saturated heterocycles. The number of hydrogen-bond acceptors (Lipinski definition) is 1. The van der Waals surface area contributed by atoms with Gasteiger partial charge in [0.2, 0.25) is 0 Å². The second-order valence-corrected chi connectivity index (χ2v) is 11.5. The average Bonchev–Trinajstić information content (AvgIpc) is 1.51. The van der Waals surface area contributed by atoms with E-state index in [1.807, 2.05) is 0 Å². The lowest BCUT2D eigenvalue weighted by molar-refractivity contribution is 0.669. The highest BCUT2D eigenvalue weighted by molar-refractivity contribution is 6.22. The summed E-state index contributed by atoms with van der Waals surface area (Å²) in [5, 5.41) is -5.11. The van der Waals surface area contributed by atoms with Crippen LogP contribution in [-0.2, 0) is 0 Å². The van der Waals surface area contributed by atoms with E-state index in [0.29, 0.717) is 0 Å². The van der Waals surface area contributed by atoms with E-state index < -0.39 is 286 Å². The van der Waals surface area contributed by atoms with Crippen molar-refractivity contribution in [2.45, 2.75) is 12.7 Å². The molecule has 1 heteroatoms. The van der Waals surface area contributed by atoms with Gasteiger partial charge in [0.1, 0.15) is 11.2 Å². The largest absolute Gasteiger partial charge is 0.456 e. The third-order valence-corrected chi connectivity index (χ3v) is 8.70. The van der Waals surface area contributed by atoms with E-state index in [1.165, 1.54) is 0 Å². The number of hydrogen-bond donors (Lipinski definition) is 0. The highest BCUT2D eigenvalue weighted by Crippen LogP contribution is 2.48. The van der Waals surface area contributed by atoms with Crippen LogP contribution in [0.2, 0.25) is 0 Å². The maximum Gasteiger partial charge on any atom is 0.136 e. The van der Waals surface area contributed by atoms with E-state index in [2.05, 4.69) is 0 Å². The number of benzene rings is 9. The van der Waals surface area contributed by atoms with Crippen molar-refractivity contribution in [1.82, 2.24) is 0 Å². The molecule has 1 aliphatic carbocycles. The summed E-state index contributed by atoms with van der Waals surface area (Å²) in [6.07, 6.45) is 0. The molecule has 0 spiro atoms. The van der Waals surface area contributed by atoms with Gasteiger partial charge in [-0.25, -0.2) is 0 Å². The van der Waals surface area contributed by atoms with Gasteiger partial charge in [-0.1, -0.05) is 140 Å². The lowest BCUT2D eigenvalue weighted by atomic mass is 9.85. The van der Waals surface area contributed by atoms with E-state index >= 15 is 0 Å². The first-order valence-electron chi connectivity index (χ1n) is 30.7. The third-order valence-electron chi connectivity index (χ3n) is 8.70. The van der Waals surface area contributed by atoms with Crippen LogP contribution in [0.25, 0.3) is 98.8 Å². The van der Waals surface area contributed by atoms with Crippen LogP contribution in [-0.4, -0.2) is 0 Å². The van der Waals surface area contributed by atoms with Gasteiger partial charge in [0, 0.05) is 22.1 Å². The Balaban J connectivity index is 1.35. The molecule has 1 unspecified atom stereocenters. The van der Waals surface area contributed by atoms with Crippen LogP contribution in [0.4, 0.5) is 0 Å². The van der Waals surface area contributed by atoms with Crippen LogP contribution < -0.4 is 0 Å². The van der Waals surface area contributed by atoms with E-state index in [-0.39, 0.29) is 0 Å². The van der Waals surface area contributed by atoms with E-state index in [1.54, 1.807) is 0 Å².